The minimum absolute atomic E-state index is 0.275. The molecule has 3 heteroatoms. The van der Waals surface area contributed by atoms with Crippen molar-refractivity contribution in [3.05, 3.63) is 29.3 Å². The van der Waals surface area contributed by atoms with E-state index in [0.29, 0.717) is 0 Å². The van der Waals surface area contributed by atoms with Crippen molar-refractivity contribution >= 4 is 5.71 Å². The quantitative estimate of drug-likeness (QED) is 0.640. The van der Waals surface area contributed by atoms with Crippen LogP contribution in [0.5, 0.6) is 5.75 Å². The van der Waals surface area contributed by atoms with Crippen LogP contribution in [0.3, 0.4) is 0 Å². The number of fused-ring (bicyclic) bond motifs is 1. The number of oxime groups is 1. The molecule has 92 valence electrons. The summed E-state index contributed by atoms with van der Waals surface area (Å²) in [5, 5.41) is 12.3. The van der Waals surface area contributed by atoms with Crippen LogP contribution < -0.4 is 4.74 Å². The molecule has 0 bridgehead atoms. The Labute approximate surface area is 102 Å². The van der Waals surface area contributed by atoms with Crippen molar-refractivity contribution in [3.8, 4) is 5.75 Å². The predicted molar refractivity (Wildman–Crippen MR) is 68.1 cm³/mol. The normalized spacial score (nSPS) is 16.5. The summed E-state index contributed by atoms with van der Waals surface area (Å²) in [7, 11) is 0. The molecule has 2 rings (SSSR count). The van der Waals surface area contributed by atoms with Gasteiger partial charge in [-0.1, -0.05) is 31.1 Å². The molecule has 1 aromatic carbocycles. The van der Waals surface area contributed by atoms with Crippen LogP contribution in [0.15, 0.2) is 23.4 Å². The largest absolute Gasteiger partial charge is 0.490 e. The molecule has 0 heterocycles. The molecule has 0 spiro atoms. The van der Waals surface area contributed by atoms with Crippen LogP contribution in [-0.2, 0) is 6.42 Å². The summed E-state index contributed by atoms with van der Waals surface area (Å²) in [5.74, 6) is 0.954. The molecule has 0 aliphatic heterocycles. The van der Waals surface area contributed by atoms with Crippen LogP contribution in [0, 0.1) is 0 Å². The highest BCUT2D eigenvalue weighted by Gasteiger charge is 2.22. The Hall–Kier alpha value is -1.51. The zero-order valence-corrected chi connectivity index (χ0v) is 10.4. The molecule has 3 nitrogen and oxygen atoms in total. The van der Waals surface area contributed by atoms with Gasteiger partial charge in [0, 0.05) is 11.1 Å². The second-order valence-corrected chi connectivity index (χ2v) is 4.39. The van der Waals surface area contributed by atoms with Gasteiger partial charge < -0.3 is 9.94 Å². The summed E-state index contributed by atoms with van der Waals surface area (Å²) in [6, 6.07) is 5.97. The van der Waals surface area contributed by atoms with Crippen molar-refractivity contribution in [2.75, 3.05) is 0 Å². The highest BCUT2D eigenvalue weighted by atomic mass is 16.5. The molecular weight excluding hydrogens is 214 g/mol. The predicted octanol–water partition coefficient (Wildman–Crippen LogP) is 3.38. The van der Waals surface area contributed by atoms with Crippen molar-refractivity contribution < 1.29 is 9.94 Å². The second-order valence-electron chi connectivity index (χ2n) is 4.39. The molecule has 1 aliphatic carbocycles. The van der Waals surface area contributed by atoms with Gasteiger partial charge in [-0.15, -0.1) is 0 Å². The van der Waals surface area contributed by atoms with Crippen molar-refractivity contribution in [1.82, 2.24) is 0 Å². The maximum absolute atomic E-state index is 8.93. The third-order valence-corrected chi connectivity index (χ3v) is 3.38. The molecule has 1 N–H and O–H groups in total. The van der Waals surface area contributed by atoms with Crippen LogP contribution in [0.1, 0.15) is 44.2 Å². The Kier molecular flexibility index (Phi) is 3.67. The maximum Gasteiger partial charge on any atom is 0.123 e. The van der Waals surface area contributed by atoms with E-state index in [0.717, 1.165) is 42.7 Å². The number of hydrogen-bond donors (Lipinski definition) is 1. The number of benzene rings is 1. The fourth-order valence-corrected chi connectivity index (χ4v) is 2.32. The van der Waals surface area contributed by atoms with Gasteiger partial charge in [-0.3, -0.25) is 0 Å². The van der Waals surface area contributed by atoms with Crippen LogP contribution >= 0.6 is 0 Å². The van der Waals surface area contributed by atoms with Gasteiger partial charge in [0.2, 0.25) is 0 Å². The molecular formula is C14H19NO2. The van der Waals surface area contributed by atoms with E-state index in [1.807, 2.05) is 18.2 Å². The first-order valence-electron chi connectivity index (χ1n) is 6.30. The summed E-state index contributed by atoms with van der Waals surface area (Å²) in [6.45, 7) is 4.27. The first-order chi connectivity index (χ1) is 8.30. The Bertz CT molecular complexity index is 422. The summed E-state index contributed by atoms with van der Waals surface area (Å²) >= 11 is 0. The fraction of sp³-hybridized carbons (Fsp3) is 0.500. The van der Waals surface area contributed by atoms with Crippen molar-refractivity contribution in [2.45, 2.75) is 45.6 Å². The average molecular weight is 233 g/mol. The van der Waals surface area contributed by atoms with E-state index in [9.17, 15) is 0 Å². The van der Waals surface area contributed by atoms with E-state index < -0.39 is 0 Å². The minimum Gasteiger partial charge on any atom is -0.490 e. The molecule has 0 radical (unpaired) electrons. The van der Waals surface area contributed by atoms with E-state index in [2.05, 4.69) is 19.0 Å². The van der Waals surface area contributed by atoms with Gasteiger partial charge in [0.05, 0.1) is 11.8 Å². The van der Waals surface area contributed by atoms with Crippen molar-refractivity contribution in [1.29, 1.82) is 0 Å². The van der Waals surface area contributed by atoms with Crippen LogP contribution in [-0.4, -0.2) is 17.0 Å². The topological polar surface area (TPSA) is 41.8 Å². The molecule has 0 aromatic heterocycles. The smallest absolute Gasteiger partial charge is 0.123 e. The average Bonchev–Trinajstić information content (AvgIpc) is 2.79. The lowest BCUT2D eigenvalue weighted by atomic mass is 10.1. The standard InChI is InChI=1S/C14H19NO2/c1-3-10(4-2)17-14-7-5-6-11-12(14)8-9-13(11)15-16/h5-7,10,16H,3-4,8-9H2,1-2H3/b15-13-. The van der Waals surface area contributed by atoms with Gasteiger partial charge in [-0.2, -0.15) is 0 Å². The highest BCUT2D eigenvalue weighted by Crippen LogP contribution is 2.32. The number of hydrogen-bond acceptors (Lipinski definition) is 3. The van der Waals surface area contributed by atoms with Gasteiger partial charge in [0.25, 0.3) is 0 Å². The highest BCUT2D eigenvalue weighted by molar-refractivity contribution is 6.04. The summed E-state index contributed by atoms with van der Waals surface area (Å²) in [6.07, 6.45) is 4.01. The molecule has 1 aliphatic rings. The second kappa shape index (κ2) is 5.21. The van der Waals surface area contributed by atoms with Crippen LogP contribution in [0.4, 0.5) is 0 Å². The first kappa shape index (κ1) is 12.0. The third kappa shape index (κ3) is 2.28. The SMILES string of the molecule is CCC(CC)Oc1cccc2c1CC/C2=N/O. The Morgan fingerprint density at radius 2 is 2.06 bits per heavy atom. The summed E-state index contributed by atoms with van der Waals surface area (Å²) in [4.78, 5) is 0. The number of ether oxygens (including phenoxy) is 1. The first-order valence-corrected chi connectivity index (χ1v) is 6.30. The van der Waals surface area contributed by atoms with E-state index in [1.165, 1.54) is 5.56 Å². The molecule has 0 unspecified atom stereocenters. The molecule has 0 atom stereocenters. The molecule has 0 saturated heterocycles. The van der Waals surface area contributed by atoms with E-state index in [1.54, 1.807) is 0 Å². The van der Waals surface area contributed by atoms with Crippen LogP contribution in [0.25, 0.3) is 0 Å². The Balaban J connectivity index is 2.28. The number of nitrogens with zero attached hydrogens (tertiary/aromatic N) is 1. The van der Waals surface area contributed by atoms with Gasteiger partial charge in [-0.25, -0.2) is 0 Å². The fourth-order valence-electron chi connectivity index (χ4n) is 2.32. The van der Waals surface area contributed by atoms with Gasteiger partial charge in [0.15, 0.2) is 0 Å². The Morgan fingerprint density at radius 1 is 1.29 bits per heavy atom. The lowest BCUT2D eigenvalue weighted by Gasteiger charge is -2.18. The molecule has 0 saturated carbocycles. The molecule has 0 fully saturated rings. The monoisotopic (exact) mass is 233 g/mol. The minimum atomic E-state index is 0.275. The molecule has 0 amide bonds. The van der Waals surface area contributed by atoms with E-state index >= 15 is 0 Å². The maximum atomic E-state index is 8.93. The summed E-state index contributed by atoms with van der Waals surface area (Å²) < 4.78 is 6.01. The van der Waals surface area contributed by atoms with Crippen molar-refractivity contribution in [3.63, 3.8) is 0 Å². The van der Waals surface area contributed by atoms with E-state index in [4.69, 9.17) is 9.94 Å². The van der Waals surface area contributed by atoms with Crippen molar-refractivity contribution in [2.24, 2.45) is 5.16 Å². The lowest BCUT2D eigenvalue weighted by molar-refractivity contribution is 0.191. The zero-order chi connectivity index (χ0) is 12.3. The lowest BCUT2D eigenvalue weighted by Crippen LogP contribution is -2.14. The molecule has 1 aromatic rings. The number of rotatable bonds is 4. The zero-order valence-electron chi connectivity index (χ0n) is 10.4. The van der Waals surface area contributed by atoms with Gasteiger partial charge in [-0.05, 0) is 31.7 Å². The summed E-state index contributed by atoms with van der Waals surface area (Å²) in [5.41, 5.74) is 3.00. The Morgan fingerprint density at radius 3 is 2.71 bits per heavy atom. The third-order valence-electron chi connectivity index (χ3n) is 3.38. The van der Waals surface area contributed by atoms with Gasteiger partial charge in [0.1, 0.15) is 5.75 Å². The van der Waals surface area contributed by atoms with Crippen LogP contribution in [0.2, 0.25) is 0 Å². The molecule has 17 heavy (non-hydrogen) atoms. The van der Waals surface area contributed by atoms with E-state index in [-0.39, 0.29) is 6.10 Å². The van der Waals surface area contributed by atoms with Gasteiger partial charge >= 0.3 is 0 Å².